The molecule has 1 heterocycles. The number of nitrogens with one attached hydrogen (secondary N) is 1. The van der Waals surface area contributed by atoms with E-state index < -0.39 is 9.84 Å². The van der Waals surface area contributed by atoms with Gasteiger partial charge < -0.3 is 5.32 Å². The van der Waals surface area contributed by atoms with Crippen LogP contribution in [-0.2, 0) is 9.84 Å². The highest BCUT2D eigenvalue weighted by Gasteiger charge is 2.42. The molecule has 0 spiro atoms. The summed E-state index contributed by atoms with van der Waals surface area (Å²) in [6.45, 7) is 7.71. The second-order valence-corrected chi connectivity index (χ2v) is 8.29. The Morgan fingerprint density at radius 3 is 2.33 bits per heavy atom. The molecule has 3 nitrogen and oxygen atoms in total. The van der Waals surface area contributed by atoms with Gasteiger partial charge in [-0.25, -0.2) is 8.42 Å². The lowest BCUT2D eigenvalue weighted by Crippen LogP contribution is -2.57. The van der Waals surface area contributed by atoms with E-state index in [1.165, 1.54) is 5.56 Å². The number of rotatable bonds is 1. The van der Waals surface area contributed by atoms with E-state index in [1.54, 1.807) is 6.92 Å². The number of hydrogen-bond acceptors (Lipinski definition) is 3. The molecule has 1 N–H and O–H groups in total. The molecule has 2 rings (SSSR count). The van der Waals surface area contributed by atoms with Crippen LogP contribution in [0.15, 0.2) is 24.3 Å². The highest BCUT2D eigenvalue weighted by molar-refractivity contribution is 7.92. The normalized spacial score (nSPS) is 30.0. The van der Waals surface area contributed by atoms with E-state index in [0.29, 0.717) is 0 Å². The first-order valence-electron chi connectivity index (χ1n) is 6.27. The Kier molecular flexibility index (Phi) is 3.28. The molecule has 1 aromatic rings. The molecule has 1 saturated heterocycles. The third-order valence-corrected chi connectivity index (χ3v) is 6.11. The molecular formula is C14H21NO2S. The van der Waals surface area contributed by atoms with Gasteiger partial charge in [0.15, 0.2) is 9.84 Å². The summed E-state index contributed by atoms with van der Waals surface area (Å²) in [7, 11) is -3.04. The van der Waals surface area contributed by atoms with Crippen molar-refractivity contribution in [3.05, 3.63) is 35.4 Å². The minimum Gasteiger partial charge on any atom is -0.303 e. The van der Waals surface area contributed by atoms with Gasteiger partial charge in [0.1, 0.15) is 0 Å². The monoisotopic (exact) mass is 267 g/mol. The Labute approximate surface area is 110 Å². The summed E-state index contributed by atoms with van der Waals surface area (Å²) in [5.41, 5.74) is 1.86. The topological polar surface area (TPSA) is 46.2 Å². The summed E-state index contributed by atoms with van der Waals surface area (Å²) in [5, 5.41) is 3.07. The van der Waals surface area contributed by atoms with Gasteiger partial charge in [0, 0.05) is 11.6 Å². The molecule has 2 unspecified atom stereocenters. The maximum absolute atomic E-state index is 12.2. The molecule has 0 radical (unpaired) electrons. The molecule has 0 bridgehead atoms. The largest absolute Gasteiger partial charge is 0.303 e. The van der Waals surface area contributed by atoms with E-state index in [0.717, 1.165) is 5.56 Å². The Hall–Kier alpha value is -0.870. The fourth-order valence-corrected chi connectivity index (χ4v) is 4.54. The summed E-state index contributed by atoms with van der Waals surface area (Å²) in [5.74, 6) is 0.198. The maximum Gasteiger partial charge on any atom is 0.156 e. The lowest BCUT2D eigenvalue weighted by molar-refractivity contribution is 0.334. The summed E-state index contributed by atoms with van der Waals surface area (Å²) >= 11 is 0. The first-order valence-corrected chi connectivity index (χ1v) is 7.99. The van der Waals surface area contributed by atoms with Crippen LogP contribution < -0.4 is 5.32 Å². The molecule has 2 atom stereocenters. The predicted molar refractivity (Wildman–Crippen MR) is 74.4 cm³/mol. The zero-order valence-electron chi connectivity index (χ0n) is 11.4. The average Bonchev–Trinajstić information content (AvgIpc) is 2.23. The first-order chi connectivity index (χ1) is 8.21. The van der Waals surface area contributed by atoms with Gasteiger partial charge in [-0.05, 0) is 33.3 Å². The van der Waals surface area contributed by atoms with Crippen molar-refractivity contribution in [1.29, 1.82) is 0 Å². The average molecular weight is 267 g/mol. The Balaban J connectivity index is 2.40. The van der Waals surface area contributed by atoms with Crippen molar-refractivity contribution < 1.29 is 8.42 Å². The second-order valence-electron chi connectivity index (χ2n) is 5.93. The molecule has 100 valence electrons. The van der Waals surface area contributed by atoms with Gasteiger partial charge in [0.25, 0.3) is 0 Å². The molecule has 1 aliphatic rings. The van der Waals surface area contributed by atoms with E-state index in [4.69, 9.17) is 0 Å². The highest BCUT2D eigenvalue weighted by Crippen LogP contribution is 2.31. The van der Waals surface area contributed by atoms with E-state index in [9.17, 15) is 8.42 Å². The Bertz CT molecular complexity index is 531. The minimum atomic E-state index is -3.04. The van der Waals surface area contributed by atoms with E-state index in [1.807, 2.05) is 45.0 Å². The van der Waals surface area contributed by atoms with E-state index in [-0.39, 0.29) is 22.6 Å². The third-order valence-electron chi connectivity index (χ3n) is 3.58. The second kappa shape index (κ2) is 4.35. The minimum absolute atomic E-state index is 0.126. The number of hydrogen-bond donors (Lipinski definition) is 1. The van der Waals surface area contributed by atoms with Gasteiger partial charge in [0.05, 0.1) is 11.0 Å². The molecule has 1 fully saturated rings. The fourth-order valence-electron chi connectivity index (χ4n) is 2.55. The highest BCUT2D eigenvalue weighted by atomic mass is 32.2. The molecular weight excluding hydrogens is 246 g/mol. The van der Waals surface area contributed by atoms with Crippen LogP contribution in [0.1, 0.15) is 37.9 Å². The zero-order valence-corrected chi connectivity index (χ0v) is 12.2. The summed E-state index contributed by atoms with van der Waals surface area (Å²) in [4.78, 5) is 0. The van der Waals surface area contributed by atoms with Crippen LogP contribution in [0.25, 0.3) is 0 Å². The van der Waals surface area contributed by atoms with Crippen LogP contribution in [0.4, 0.5) is 0 Å². The van der Waals surface area contributed by atoms with E-state index in [2.05, 4.69) is 5.32 Å². The van der Waals surface area contributed by atoms with Gasteiger partial charge in [-0.1, -0.05) is 29.8 Å². The van der Waals surface area contributed by atoms with Crippen molar-refractivity contribution in [3.8, 4) is 0 Å². The van der Waals surface area contributed by atoms with Gasteiger partial charge in [-0.2, -0.15) is 0 Å². The van der Waals surface area contributed by atoms with Crippen LogP contribution in [0.3, 0.4) is 0 Å². The van der Waals surface area contributed by atoms with Gasteiger partial charge in [-0.15, -0.1) is 0 Å². The summed E-state index contributed by atoms with van der Waals surface area (Å²) < 4.78 is 24.4. The van der Waals surface area contributed by atoms with Crippen molar-refractivity contribution in [3.63, 3.8) is 0 Å². The standard InChI is InChI=1S/C14H21NO2S/c1-10-5-7-12(8-6-10)13-11(2)18(16,17)9-14(3,4)15-13/h5-8,11,13,15H,9H2,1-4H3. The van der Waals surface area contributed by atoms with E-state index >= 15 is 0 Å². The van der Waals surface area contributed by atoms with Gasteiger partial charge in [0.2, 0.25) is 0 Å². The Morgan fingerprint density at radius 2 is 1.78 bits per heavy atom. The third kappa shape index (κ3) is 2.59. The van der Waals surface area contributed by atoms with Crippen molar-refractivity contribution in [1.82, 2.24) is 5.32 Å². The fraction of sp³-hybridized carbons (Fsp3) is 0.571. The molecule has 4 heteroatoms. The van der Waals surface area contributed by atoms with Crippen LogP contribution in [0, 0.1) is 6.92 Å². The number of sulfone groups is 1. The van der Waals surface area contributed by atoms with Crippen molar-refractivity contribution in [2.24, 2.45) is 0 Å². The van der Waals surface area contributed by atoms with Gasteiger partial charge >= 0.3 is 0 Å². The maximum atomic E-state index is 12.2. The SMILES string of the molecule is Cc1ccc(C2NC(C)(C)CS(=O)(=O)C2C)cc1. The molecule has 0 aliphatic carbocycles. The van der Waals surface area contributed by atoms with Crippen LogP contribution in [0.2, 0.25) is 0 Å². The molecule has 1 aliphatic heterocycles. The van der Waals surface area contributed by atoms with Crippen molar-refractivity contribution >= 4 is 9.84 Å². The van der Waals surface area contributed by atoms with Gasteiger partial charge in [-0.3, -0.25) is 0 Å². The predicted octanol–water partition coefficient (Wildman–Crippen LogP) is 2.22. The molecule has 0 aromatic heterocycles. The van der Waals surface area contributed by atoms with Crippen molar-refractivity contribution in [2.75, 3.05) is 5.75 Å². The number of aryl methyl sites for hydroxylation is 1. The lowest BCUT2D eigenvalue weighted by Gasteiger charge is -2.40. The van der Waals surface area contributed by atoms with Crippen LogP contribution in [-0.4, -0.2) is 25.0 Å². The molecule has 0 saturated carbocycles. The summed E-state index contributed by atoms with van der Waals surface area (Å²) in [6.07, 6.45) is 0. The Morgan fingerprint density at radius 1 is 1.22 bits per heavy atom. The zero-order chi connectivity index (χ0) is 13.6. The van der Waals surface area contributed by atoms with Crippen LogP contribution >= 0.6 is 0 Å². The van der Waals surface area contributed by atoms with Crippen LogP contribution in [0.5, 0.6) is 0 Å². The lowest BCUT2D eigenvalue weighted by atomic mass is 9.98. The first kappa shape index (κ1) is 13.6. The molecule has 1 aromatic carbocycles. The quantitative estimate of drug-likeness (QED) is 0.848. The smallest absolute Gasteiger partial charge is 0.156 e. The summed E-state index contributed by atoms with van der Waals surface area (Å²) in [6, 6.07) is 7.95. The van der Waals surface area contributed by atoms with Crippen molar-refractivity contribution in [2.45, 2.75) is 44.5 Å². The number of benzene rings is 1. The molecule has 18 heavy (non-hydrogen) atoms. The molecule has 0 amide bonds.